The Hall–Kier alpha value is -0.730. The van der Waals surface area contributed by atoms with Gasteiger partial charge in [0.1, 0.15) is 0 Å². The second kappa shape index (κ2) is 6.62. The summed E-state index contributed by atoms with van der Waals surface area (Å²) in [6, 6.07) is 6.78. The molecule has 106 valence electrons. The van der Waals surface area contributed by atoms with Gasteiger partial charge in [0.2, 0.25) is 0 Å². The van der Waals surface area contributed by atoms with Gasteiger partial charge in [-0.25, -0.2) is 0 Å². The Balaban J connectivity index is 2.18. The van der Waals surface area contributed by atoms with Gasteiger partial charge in [0, 0.05) is 36.4 Å². The molecule has 1 unspecified atom stereocenters. The molecular weight excluding hydrogens is 256 g/mol. The summed E-state index contributed by atoms with van der Waals surface area (Å²) < 4.78 is 0. The molecule has 0 saturated carbocycles. The van der Waals surface area contributed by atoms with Gasteiger partial charge in [-0.05, 0) is 36.5 Å². The molecule has 1 saturated heterocycles. The largest absolute Gasteiger partial charge is 0.371 e. The first-order chi connectivity index (χ1) is 9.06. The van der Waals surface area contributed by atoms with Crippen LogP contribution < -0.4 is 10.2 Å². The van der Waals surface area contributed by atoms with Gasteiger partial charge in [-0.15, -0.1) is 0 Å². The summed E-state index contributed by atoms with van der Waals surface area (Å²) in [5.41, 5.74) is 2.67. The van der Waals surface area contributed by atoms with E-state index in [1.807, 2.05) is 6.07 Å². The molecule has 1 aliphatic rings. The highest BCUT2D eigenvalue weighted by Gasteiger charge is 2.19. The third-order valence-electron chi connectivity index (χ3n) is 3.75. The standard InChI is InChI=1S/C16H25ClN2/c1-12(2)18-10-14-6-7-15(17)9-16(14)19-8-4-5-13(3)11-19/h6-7,9,12-13,18H,4-5,8,10-11H2,1-3H3. The molecule has 1 aliphatic heterocycles. The van der Waals surface area contributed by atoms with E-state index >= 15 is 0 Å². The van der Waals surface area contributed by atoms with Crippen LogP contribution in [-0.4, -0.2) is 19.1 Å². The van der Waals surface area contributed by atoms with Crippen LogP contribution in [0.3, 0.4) is 0 Å². The van der Waals surface area contributed by atoms with Crippen LogP contribution in [0.15, 0.2) is 18.2 Å². The molecule has 3 heteroatoms. The van der Waals surface area contributed by atoms with E-state index in [2.05, 4.69) is 43.1 Å². The smallest absolute Gasteiger partial charge is 0.0426 e. The van der Waals surface area contributed by atoms with Crippen molar-refractivity contribution in [3.63, 3.8) is 0 Å². The fraction of sp³-hybridized carbons (Fsp3) is 0.625. The van der Waals surface area contributed by atoms with Crippen LogP contribution >= 0.6 is 11.6 Å². The summed E-state index contributed by atoms with van der Waals surface area (Å²) >= 11 is 6.19. The van der Waals surface area contributed by atoms with Crippen molar-refractivity contribution in [3.8, 4) is 0 Å². The van der Waals surface area contributed by atoms with E-state index < -0.39 is 0 Å². The molecule has 1 aromatic rings. The zero-order valence-electron chi connectivity index (χ0n) is 12.2. The van der Waals surface area contributed by atoms with Crippen molar-refractivity contribution in [2.75, 3.05) is 18.0 Å². The molecular formula is C16H25ClN2. The van der Waals surface area contributed by atoms with E-state index in [9.17, 15) is 0 Å². The molecule has 0 aromatic heterocycles. The van der Waals surface area contributed by atoms with Crippen LogP contribution in [0.25, 0.3) is 0 Å². The lowest BCUT2D eigenvalue weighted by Crippen LogP contribution is -2.35. The molecule has 1 N–H and O–H groups in total. The van der Waals surface area contributed by atoms with Crippen LogP contribution in [0.5, 0.6) is 0 Å². The maximum Gasteiger partial charge on any atom is 0.0426 e. The van der Waals surface area contributed by atoms with E-state index in [-0.39, 0.29) is 0 Å². The Labute approximate surface area is 122 Å². The third kappa shape index (κ3) is 4.12. The Morgan fingerprint density at radius 2 is 2.21 bits per heavy atom. The number of hydrogen-bond acceptors (Lipinski definition) is 2. The normalized spacial score (nSPS) is 20.1. The number of anilines is 1. The van der Waals surface area contributed by atoms with Gasteiger partial charge >= 0.3 is 0 Å². The zero-order chi connectivity index (χ0) is 13.8. The predicted octanol–water partition coefficient (Wildman–Crippen LogP) is 4.07. The van der Waals surface area contributed by atoms with E-state index in [1.165, 1.54) is 24.1 Å². The van der Waals surface area contributed by atoms with Crippen LogP contribution in [-0.2, 0) is 6.54 Å². The molecule has 2 nitrogen and oxygen atoms in total. The first-order valence-electron chi connectivity index (χ1n) is 7.33. The lowest BCUT2D eigenvalue weighted by atomic mass is 9.99. The van der Waals surface area contributed by atoms with Gasteiger partial charge in [0.25, 0.3) is 0 Å². The molecule has 0 bridgehead atoms. The van der Waals surface area contributed by atoms with Gasteiger partial charge in [-0.3, -0.25) is 0 Å². The average molecular weight is 281 g/mol. The van der Waals surface area contributed by atoms with Crippen molar-refractivity contribution >= 4 is 17.3 Å². The van der Waals surface area contributed by atoms with Crippen molar-refractivity contribution in [1.82, 2.24) is 5.32 Å². The maximum absolute atomic E-state index is 6.19. The quantitative estimate of drug-likeness (QED) is 0.894. The molecule has 1 heterocycles. The number of rotatable bonds is 4. The zero-order valence-corrected chi connectivity index (χ0v) is 13.0. The van der Waals surface area contributed by atoms with Crippen LogP contribution in [0, 0.1) is 5.92 Å². The van der Waals surface area contributed by atoms with Gasteiger partial charge in [0.05, 0.1) is 0 Å². The summed E-state index contributed by atoms with van der Waals surface area (Å²) in [6.07, 6.45) is 2.63. The number of nitrogens with one attached hydrogen (secondary N) is 1. The number of piperidine rings is 1. The van der Waals surface area contributed by atoms with E-state index in [0.717, 1.165) is 30.6 Å². The van der Waals surface area contributed by atoms with Crippen molar-refractivity contribution in [3.05, 3.63) is 28.8 Å². The fourth-order valence-corrected chi connectivity index (χ4v) is 2.87. The summed E-state index contributed by atoms with van der Waals surface area (Å²) in [5.74, 6) is 0.777. The first kappa shape index (κ1) is 14.7. The monoisotopic (exact) mass is 280 g/mol. The lowest BCUT2D eigenvalue weighted by molar-refractivity contribution is 0.445. The van der Waals surface area contributed by atoms with Crippen LogP contribution in [0.4, 0.5) is 5.69 Å². The molecule has 0 amide bonds. The van der Waals surface area contributed by atoms with Crippen molar-refractivity contribution in [2.24, 2.45) is 5.92 Å². The average Bonchev–Trinajstić information content (AvgIpc) is 2.37. The Morgan fingerprint density at radius 3 is 2.89 bits per heavy atom. The summed E-state index contributed by atoms with van der Waals surface area (Å²) in [7, 11) is 0. The van der Waals surface area contributed by atoms with Gasteiger partial charge in [0.15, 0.2) is 0 Å². The predicted molar refractivity (Wildman–Crippen MR) is 84.0 cm³/mol. The summed E-state index contributed by atoms with van der Waals surface area (Å²) in [5, 5.41) is 4.34. The number of hydrogen-bond donors (Lipinski definition) is 1. The van der Waals surface area contributed by atoms with Crippen molar-refractivity contribution < 1.29 is 0 Å². The van der Waals surface area contributed by atoms with Crippen molar-refractivity contribution in [2.45, 2.75) is 46.2 Å². The minimum absolute atomic E-state index is 0.504. The Morgan fingerprint density at radius 1 is 1.42 bits per heavy atom. The number of nitrogens with zero attached hydrogens (tertiary/aromatic N) is 1. The topological polar surface area (TPSA) is 15.3 Å². The minimum Gasteiger partial charge on any atom is -0.371 e. The highest BCUT2D eigenvalue weighted by molar-refractivity contribution is 6.30. The Bertz CT molecular complexity index is 417. The molecule has 1 atom stereocenters. The van der Waals surface area contributed by atoms with Crippen molar-refractivity contribution in [1.29, 1.82) is 0 Å². The summed E-state index contributed by atoms with van der Waals surface area (Å²) in [6.45, 7) is 9.91. The van der Waals surface area contributed by atoms with E-state index in [4.69, 9.17) is 11.6 Å². The molecule has 0 radical (unpaired) electrons. The fourth-order valence-electron chi connectivity index (χ4n) is 2.70. The molecule has 1 fully saturated rings. The van der Waals surface area contributed by atoms with Crippen LogP contribution in [0.1, 0.15) is 39.2 Å². The van der Waals surface area contributed by atoms with Gasteiger partial charge in [-0.1, -0.05) is 38.4 Å². The van der Waals surface area contributed by atoms with E-state index in [1.54, 1.807) is 0 Å². The second-order valence-electron chi connectivity index (χ2n) is 6.00. The SMILES string of the molecule is CC1CCCN(c2cc(Cl)ccc2CNC(C)C)C1. The lowest BCUT2D eigenvalue weighted by Gasteiger charge is -2.34. The second-order valence-corrected chi connectivity index (χ2v) is 6.44. The highest BCUT2D eigenvalue weighted by atomic mass is 35.5. The van der Waals surface area contributed by atoms with Gasteiger partial charge in [-0.2, -0.15) is 0 Å². The van der Waals surface area contributed by atoms with Gasteiger partial charge < -0.3 is 10.2 Å². The van der Waals surface area contributed by atoms with Crippen LogP contribution in [0.2, 0.25) is 5.02 Å². The highest BCUT2D eigenvalue weighted by Crippen LogP contribution is 2.29. The number of halogens is 1. The Kier molecular flexibility index (Phi) is 5.12. The molecule has 1 aromatic carbocycles. The summed E-state index contributed by atoms with van der Waals surface area (Å²) in [4.78, 5) is 2.50. The maximum atomic E-state index is 6.19. The minimum atomic E-state index is 0.504. The third-order valence-corrected chi connectivity index (χ3v) is 3.98. The molecule has 0 spiro atoms. The first-order valence-corrected chi connectivity index (χ1v) is 7.71. The molecule has 2 rings (SSSR count). The number of benzene rings is 1. The van der Waals surface area contributed by atoms with E-state index in [0.29, 0.717) is 6.04 Å². The molecule has 19 heavy (non-hydrogen) atoms. The molecule has 0 aliphatic carbocycles.